The Balaban J connectivity index is 2.16. The zero-order valence-corrected chi connectivity index (χ0v) is 11.6. The third-order valence-electron chi connectivity index (χ3n) is 3.83. The molecule has 1 N–H and O–H groups in total. The number of alkyl halides is 3. The minimum atomic E-state index is -4.40. The van der Waals surface area contributed by atoms with Crippen LogP contribution >= 0.6 is 0 Å². The second-order valence-corrected chi connectivity index (χ2v) is 5.24. The van der Waals surface area contributed by atoms with Gasteiger partial charge in [-0.3, -0.25) is 4.79 Å². The van der Waals surface area contributed by atoms with Crippen LogP contribution in [0.25, 0.3) is 0 Å². The molecule has 116 valence electrons. The number of rotatable bonds is 4. The Labute approximate surface area is 121 Å². The summed E-state index contributed by atoms with van der Waals surface area (Å²) in [7, 11) is 0. The van der Waals surface area contributed by atoms with Gasteiger partial charge in [0.15, 0.2) is 0 Å². The minimum Gasteiger partial charge on any atom is -0.395 e. The number of carbonyl (C=O) groups is 1. The largest absolute Gasteiger partial charge is 0.416 e. The number of carbonyl (C=O) groups excluding carboxylic acids is 1. The monoisotopic (exact) mass is 301 g/mol. The Kier molecular flexibility index (Phi) is 4.88. The third kappa shape index (κ3) is 3.75. The molecule has 1 aliphatic rings. The second kappa shape index (κ2) is 6.47. The van der Waals surface area contributed by atoms with Gasteiger partial charge in [-0.1, -0.05) is 12.8 Å². The van der Waals surface area contributed by atoms with Gasteiger partial charge >= 0.3 is 6.18 Å². The van der Waals surface area contributed by atoms with Crippen LogP contribution in [0.1, 0.15) is 41.6 Å². The van der Waals surface area contributed by atoms with E-state index in [4.69, 9.17) is 5.11 Å². The van der Waals surface area contributed by atoms with Gasteiger partial charge in [0, 0.05) is 18.2 Å². The Morgan fingerprint density at radius 2 is 1.76 bits per heavy atom. The molecule has 0 saturated heterocycles. The van der Waals surface area contributed by atoms with Gasteiger partial charge in [-0.15, -0.1) is 0 Å². The molecule has 0 unspecified atom stereocenters. The zero-order valence-electron chi connectivity index (χ0n) is 11.6. The number of hydrogen-bond acceptors (Lipinski definition) is 2. The molecular weight excluding hydrogens is 283 g/mol. The van der Waals surface area contributed by atoms with Crippen molar-refractivity contribution in [1.29, 1.82) is 0 Å². The van der Waals surface area contributed by atoms with Crippen LogP contribution in [0.15, 0.2) is 24.3 Å². The van der Waals surface area contributed by atoms with Gasteiger partial charge in [-0.05, 0) is 37.1 Å². The summed E-state index contributed by atoms with van der Waals surface area (Å²) in [5, 5.41) is 9.10. The molecule has 0 aliphatic heterocycles. The Morgan fingerprint density at radius 3 is 2.24 bits per heavy atom. The molecule has 1 aromatic carbocycles. The molecule has 1 amide bonds. The van der Waals surface area contributed by atoms with E-state index in [0.717, 1.165) is 37.8 Å². The molecule has 0 spiro atoms. The van der Waals surface area contributed by atoms with Gasteiger partial charge in [0.1, 0.15) is 0 Å². The SMILES string of the molecule is O=C(c1ccc(C(F)(F)F)cc1)N(CCO)C1CCCC1. The molecule has 1 saturated carbocycles. The minimum absolute atomic E-state index is 0.0759. The van der Waals surface area contributed by atoms with Crippen molar-refractivity contribution in [2.45, 2.75) is 37.9 Å². The number of benzene rings is 1. The van der Waals surface area contributed by atoms with Gasteiger partial charge in [0.2, 0.25) is 0 Å². The van der Waals surface area contributed by atoms with E-state index in [9.17, 15) is 18.0 Å². The number of aliphatic hydroxyl groups is 1. The van der Waals surface area contributed by atoms with Gasteiger partial charge < -0.3 is 10.0 Å². The molecule has 6 heteroatoms. The van der Waals surface area contributed by atoms with Crippen LogP contribution in [0.5, 0.6) is 0 Å². The normalized spacial score (nSPS) is 16.2. The van der Waals surface area contributed by atoms with E-state index in [2.05, 4.69) is 0 Å². The standard InChI is InChI=1S/C15H18F3NO2/c16-15(17,18)12-7-5-11(6-8-12)14(21)19(9-10-20)13-3-1-2-4-13/h5-8,13,20H,1-4,9-10H2. The van der Waals surface area contributed by atoms with Crippen LogP contribution < -0.4 is 0 Å². The molecule has 0 aromatic heterocycles. The first-order valence-corrected chi connectivity index (χ1v) is 7.02. The summed E-state index contributed by atoms with van der Waals surface area (Å²) < 4.78 is 37.6. The van der Waals surface area contributed by atoms with Gasteiger partial charge in [0.25, 0.3) is 5.91 Å². The Bertz CT molecular complexity index is 479. The summed E-state index contributed by atoms with van der Waals surface area (Å²) in [6, 6.07) is 4.31. The highest BCUT2D eigenvalue weighted by atomic mass is 19.4. The topological polar surface area (TPSA) is 40.5 Å². The van der Waals surface area contributed by atoms with Crippen LogP contribution in [-0.4, -0.2) is 35.1 Å². The lowest BCUT2D eigenvalue weighted by molar-refractivity contribution is -0.137. The molecule has 0 bridgehead atoms. The van der Waals surface area contributed by atoms with Crippen LogP contribution in [0.2, 0.25) is 0 Å². The predicted octanol–water partition coefficient (Wildman–Crippen LogP) is 3.08. The maximum Gasteiger partial charge on any atom is 0.416 e. The van der Waals surface area contributed by atoms with Crippen LogP contribution in [0.3, 0.4) is 0 Å². The fourth-order valence-corrected chi connectivity index (χ4v) is 2.74. The maximum absolute atomic E-state index is 12.5. The van der Waals surface area contributed by atoms with Crippen molar-refractivity contribution in [2.24, 2.45) is 0 Å². The van der Waals surface area contributed by atoms with Crippen molar-refractivity contribution in [1.82, 2.24) is 4.90 Å². The Morgan fingerprint density at radius 1 is 1.19 bits per heavy atom. The summed E-state index contributed by atoms with van der Waals surface area (Å²) in [6.45, 7) is 0.0629. The summed E-state index contributed by atoms with van der Waals surface area (Å²) in [6.07, 6.45) is -0.573. The summed E-state index contributed by atoms with van der Waals surface area (Å²) in [4.78, 5) is 14.0. The van der Waals surface area contributed by atoms with Crippen LogP contribution in [0, 0.1) is 0 Å². The number of halogens is 3. The first-order chi connectivity index (χ1) is 9.93. The van der Waals surface area contributed by atoms with Crippen LogP contribution in [0.4, 0.5) is 13.2 Å². The lowest BCUT2D eigenvalue weighted by Gasteiger charge is -2.28. The quantitative estimate of drug-likeness (QED) is 0.928. The predicted molar refractivity (Wildman–Crippen MR) is 71.8 cm³/mol. The summed E-state index contributed by atoms with van der Waals surface area (Å²) in [5.41, 5.74) is -0.544. The molecular formula is C15H18F3NO2. The second-order valence-electron chi connectivity index (χ2n) is 5.24. The van der Waals surface area contributed by atoms with Crippen molar-refractivity contribution < 1.29 is 23.1 Å². The van der Waals surface area contributed by atoms with Gasteiger partial charge in [-0.25, -0.2) is 0 Å². The van der Waals surface area contributed by atoms with Crippen molar-refractivity contribution in [3.8, 4) is 0 Å². The molecule has 3 nitrogen and oxygen atoms in total. The van der Waals surface area contributed by atoms with Crippen LogP contribution in [-0.2, 0) is 6.18 Å². The molecule has 2 rings (SSSR count). The van der Waals surface area contributed by atoms with E-state index in [1.165, 1.54) is 12.1 Å². The van der Waals surface area contributed by atoms with Crippen molar-refractivity contribution in [2.75, 3.05) is 13.2 Å². The maximum atomic E-state index is 12.5. The highest BCUT2D eigenvalue weighted by Crippen LogP contribution is 2.30. The fraction of sp³-hybridized carbons (Fsp3) is 0.533. The van der Waals surface area contributed by atoms with E-state index >= 15 is 0 Å². The Hall–Kier alpha value is -1.56. The molecule has 21 heavy (non-hydrogen) atoms. The van der Waals surface area contributed by atoms with E-state index in [-0.39, 0.29) is 30.7 Å². The number of hydrogen-bond donors (Lipinski definition) is 1. The van der Waals surface area contributed by atoms with E-state index in [1.54, 1.807) is 4.90 Å². The smallest absolute Gasteiger partial charge is 0.395 e. The highest BCUT2D eigenvalue weighted by Gasteiger charge is 2.31. The average molecular weight is 301 g/mol. The number of amides is 1. The lowest BCUT2D eigenvalue weighted by atomic mass is 10.1. The van der Waals surface area contributed by atoms with Gasteiger partial charge in [-0.2, -0.15) is 13.2 Å². The molecule has 0 radical (unpaired) electrons. The highest BCUT2D eigenvalue weighted by molar-refractivity contribution is 5.94. The molecule has 1 fully saturated rings. The molecule has 1 aliphatic carbocycles. The molecule has 0 heterocycles. The number of aliphatic hydroxyl groups excluding tert-OH is 1. The zero-order chi connectivity index (χ0) is 15.5. The molecule has 1 aromatic rings. The summed E-state index contributed by atoms with van der Waals surface area (Å²) >= 11 is 0. The first kappa shape index (κ1) is 15.8. The van der Waals surface area contributed by atoms with Crippen molar-refractivity contribution in [3.05, 3.63) is 35.4 Å². The lowest BCUT2D eigenvalue weighted by Crippen LogP contribution is -2.40. The first-order valence-electron chi connectivity index (χ1n) is 7.02. The summed E-state index contributed by atoms with van der Waals surface area (Å²) in [5.74, 6) is -0.315. The van der Waals surface area contributed by atoms with E-state index < -0.39 is 11.7 Å². The third-order valence-corrected chi connectivity index (χ3v) is 3.83. The van der Waals surface area contributed by atoms with Gasteiger partial charge in [0.05, 0.1) is 12.2 Å². The fourth-order valence-electron chi connectivity index (χ4n) is 2.74. The van der Waals surface area contributed by atoms with E-state index in [1.807, 2.05) is 0 Å². The number of nitrogens with zero attached hydrogens (tertiary/aromatic N) is 1. The molecule has 0 atom stereocenters. The van der Waals surface area contributed by atoms with E-state index in [0.29, 0.717) is 0 Å². The van der Waals surface area contributed by atoms with Crippen molar-refractivity contribution in [3.63, 3.8) is 0 Å². The van der Waals surface area contributed by atoms with Crippen molar-refractivity contribution >= 4 is 5.91 Å². The average Bonchev–Trinajstić information content (AvgIpc) is 2.97.